The van der Waals surface area contributed by atoms with Gasteiger partial charge in [-0.25, -0.2) is 9.37 Å². The topological polar surface area (TPSA) is 61.6 Å². The van der Waals surface area contributed by atoms with Gasteiger partial charge in [-0.1, -0.05) is 35.4 Å². The molecule has 3 aliphatic rings. The van der Waals surface area contributed by atoms with Crippen LogP contribution in [0.5, 0.6) is 0 Å². The molecule has 0 aromatic carbocycles. The van der Waals surface area contributed by atoms with Crippen LogP contribution in [0, 0.1) is 17.1 Å². The van der Waals surface area contributed by atoms with Gasteiger partial charge in [0.05, 0.1) is 5.56 Å². The summed E-state index contributed by atoms with van der Waals surface area (Å²) in [5, 5.41) is 9.44. The number of aromatic nitrogens is 1. The molecule has 0 bridgehead atoms. The zero-order valence-corrected chi connectivity index (χ0v) is 19.2. The minimum absolute atomic E-state index is 0.201. The van der Waals surface area contributed by atoms with E-state index in [-0.39, 0.29) is 10.7 Å². The SMILES string of the molecule is N#Cc1cc(F)c(Cl)nc1SCCN1CCN(C2=COC(CC3=CC=CCC3)=CO2)CC1. The molecule has 0 N–H and O–H groups in total. The highest BCUT2D eigenvalue weighted by atomic mass is 35.5. The van der Waals surface area contributed by atoms with E-state index in [1.165, 1.54) is 17.3 Å². The number of pyridine rings is 1. The maximum atomic E-state index is 13.5. The van der Waals surface area contributed by atoms with Gasteiger partial charge in [-0.3, -0.25) is 4.90 Å². The molecule has 0 spiro atoms. The van der Waals surface area contributed by atoms with Crippen LogP contribution in [0.25, 0.3) is 0 Å². The monoisotopic (exact) mass is 474 g/mol. The summed E-state index contributed by atoms with van der Waals surface area (Å²) in [5.41, 5.74) is 1.57. The molecule has 3 heterocycles. The fourth-order valence-electron chi connectivity index (χ4n) is 3.67. The summed E-state index contributed by atoms with van der Waals surface area (Å²) in [7, 11) is 0. The molecule has 0 amide bonds. The molecule has 2 aliphatic heterocycles. The second-order valence-electron chi connectivity index (χ2n) is 7.65. The summed E-state index contributed by atoms with van der Waals surface area (Å²) in [6, 6.07) is 3.11. The van der Waals surface area contributed by atoms with Crippen LogP contribution in [-0.4, -0.2) is 53.3 Å². The highest BCUT2D eigenvalue weighted by Crippen LogP contribution is 2.26. The number of rotatable bonds is 7. The van der Waals surface area contributed by atoms with E-state index in [4.69, 9.17) is 26.3 Å². The Kier molecular flexibility index (Phi) is 7.74. The number of nitrogens with zero attached hydrogens (tertiary/aromatic N) is 4. The van der Waals surface area contributed by atoms with Crippen LogP contribution in [0.15, 0.2) is 59.1 Å². The first-order valence-corrected chi connectivity index (χ1v) is 11.9. The standard InChI is InChI=1S/C23H24ClFN4O2S/c24-22-20(25)13-18(14-26)23(27-22)32-11-10-28-6-8-29(9-7-28)21-16-30-19(15-31-21)12-17-4-2-1-3-5-17/h1-2,4,13,15-16H,3,5-12H2. The minimum Gasteiger partial charge on any atom is -0.460 e. The van der Waals surface area contributed by atoms with Gasteiger partial charge in [0.15, 0.2) is 17.2 Å². The molecule has 0 saturated carbocycles. The molecule has 1 aromatic heterocycles. The van der Waals surface area contributed by atoms with Gasteiger partial charge in [0.25, 0.3) is 0 Å². The van der Waals surface area contributed by atoms with Gasteiger partial charge in [0, 0.05) is 44.9 Å². The smallest absolute Gasteiger partial charge is 0.231 e. The van der Waals surface area contributed by atoms with Crippen LogP contribution in [-0.2, 0) is 9.47 Å². The molecule has 0 atom stereocenters. The Morgan fingerprint density at radius 2 is 2.06 bits per heavy atom. The molecule has 6 nitrogen and oxygen atoms in total. The summed E-state index contributed by atoms with van der Waals surface area (Å²) >= 11 is 7.18. The number of nitriles is 1. The predicted molar refractivity (Wildman–Crippen MR) is 122 cm³/mol. The molecular weight excluding hydrogens is 451 g/mol. The maximum Gasteiger partial charge on any atom is 0.231 e. The molecule has 1 aromatic rings. The highest BCUT2D eigenvalue weighted by Gasteiger charge is 2.22. The first kappa shape index (κ1) is 22.7. The van der Waals surface area contributed by atoms with E-state index < -0.39 is 5.82 Å². The summed E-state index contributed by atoms with van der Waals surface area (Å²) in [5.74, 6) is 1.64. The second-order valence-corrected chi connectivity index (χ2v) is 9.09. The van der Waals surface area contributed by atoms with Crippen molar-refractivity contribution in [2.75, 3.05) is 38.5 Å². The van der Waals surface area contributed by atoms with Crippen molar-refractivity contribution in [3.63, 3.8) is 0 Å². The molecular formula is C23H24ClFN4O2S. The minimum atomic E-state index is -0.669. The Hall–Kier alpha value is -2.47. The Balaban J connectivity index is 1.19. The number of allylic oxidation sites excluding steroid dienone is 4. The van der Waals surface area contributed by atoms with E-state index in [0.29, 0.717) is 5.03 Å². The molecule has 9 heteroatoms. The third kappa shape index (κ3) is 5.85. The lowest BCUT2D eigenvalue weighted by molar-refractivity contribution is 0.0853. The van der Waals surface area contributed by atoms with Crippen molar-refractivity contribution in [1.29, 1.82) is 5.26 Å². The predicted octanol–water partition coefficient (Wildman–Crippen LogP) is 4.81. The van der Waals surface area contributed by atoms with Crippen molar-refractivity contribution < 1.29 is 13.9 Å². The fourth-order valence-corrected chi connectivity index (χ4v) is 4.82. The Labute approximate surface area is 196 Å². The molecule has 1 aliphatic carbocycles. The summed E-state index contributed by atoms with van der Waals surface area (Å²) in [6.45, 7) is 4.29. The van der Waals surface area contributed by atoms with Crippen LogP contribution in [0.1, 0.15) is 24.8 Å². The fraction of sp³-hybridized carbons (Fsp3) is 0.391. The first-order valence-electron chi connectivity index (χ1n) is 10.6. The lowest BCUT2D eigenvalue weighted by Crippen LogP contribution is -2.46. The molecule has 0 unspecified atom stereocenters. The Morgan fingerprint density at radius 1 is 1.22 bits per heavy atom. The lowest BCUT2D eigenvalue weighted by Gasteiger charge is -2.36. The largest absolute Gasteiger partial charge is 0.460 e. The molecule has 0 radical (unpaired) electrons. The van der Waals surface area contributed by atoms with Crippen LogP contribution in [0.2, 0.25) is 5.15 Å². The van der Waals surface area contributed by atoms with Gasteiger partial charge in [0.1, 0.15) is 23.1 Å². The van der Waals surface area contributed by atoms with Gasteiger partial charge in [-0.2, -0.15) is 5.26 Å². The van der Waals surface area contributed by atoms with Gasteiger partial charge in [0.2, 0.25) is 5.88 Å². The number of hydrogen-bond acceptors (Lipinski definition) is 7. The molecule has 4 rings (SSSR count). The van der Waals surface area contributed by atoms with E-state index in [2.05, 4.69) is 33.0 Å². The maximum absolute atomic E-state index is 13.5. The zero-order chi connectivity index (χ0) is 22.3. The van der Waals surface area contributed by atoms with Gasteiger partial charge in [-0.15, -0.1) is 11.8 Å². The molecule has 1 saturated heterocycles. The zero-order valence-electron chi connectivity index (χ0n) is 17.6. The van der Waals surface area contributed by atoms with E-state index in [9.17, 15) is 4.39 Å². The third-order valence-corrected chi connectivity index (χ3v) is 6.71. The van der Waals surface area contributed by atoms with E-state index >= 15 is 0 Å². The van der Waals surface area contributed by atoms with E-state index in [1.54, 1.807) is 12.5 Å². The number of halogens is 2. The van der Waals surface area contributed by atoms with Crippen molar-refractivity contribution in [2.45, 2.75) is 24.3 Å². The van der Waals surface area contributed by atoms with Crippen molar-refractivity contribution in [2.24, 2.45) is 0 Å². The van der Waals surface area contributed by atoms with Crippen molar-refractivity contribution in [3.8, 4) is 6.07 Å². The van der Waals surface area contributed by atoms with Gasteiger partial charge in [-0.05, 0) is 18.9 Å². The van der Waals surface area contributed by atoms with Crippen LogP contribution < -0.4 is 0 Å². The normalized spacial score (nSPS) is 18.8. The highest BCUT2D eigenvalue weighted by molar-refractivity contribution is 7.99. The van der Waals surface area contributed by atoms with Crippen LogP contribution in [0.4, 0.5) is 4.39 Å². The number of hydrogen-bond donors (Lipinski definition) is 0. The summed E-state index contributed by atoms with van der Waals surface area (Å²) < 4.78 is 25.1. The van der Waals surface area contributed by atoms with Gasteiger partial charge >= 0.3 is 0 Å². The number of piperazine rings is 1. The number of ether oxygens (including phenoxy) is 2. The van der Waals surface area contributed by atoms with Crippen molar-refractivity contribution >= 4 is 23.4 Å². The summed E-state index contributed by atoms with van der Waals surface area (Å²) in [4.78, 5) is 8.51. The second kappa shape index (κ2) is 10.9. The van der Waals surface area contributed by atoms with E-state index in [0.717, 1.165) is 75.4 Å². The number of thioether (sulfide) groups is 1. The van der Waals surface area contributed by atoms with E-state index in [1.807, 2.05) is 6.07 Å². The summed E-state index contributed by atoms with van der Waals surface area (Å²) in [6.07, 6.45) is 12.8. The Morgan fingerprint density at radius 3 is 2.75 bits per heavy atom. The van der Waals surface area contributed by atoms with Crippen molar-refractivity contribution in [3.05, 3.63) is 70.6 Å². The average molecular weight is 475 g/mol. The van der Waals surface area contributed by atoms with Gasteiger partial charge < -0.3 is 14.4 Å². The first-order chi connectivity index (χ1) is 15.6. The molecule has 32 heavy (non-hydrogen) atoms. The molecule has 1 fully saturated rings. The quantitative estimate of drug-likeness (QED) is 0.415. The molecule has 168 valence electrons. The van der Waals surface area contributed by atoms with Crippen molar-refractivity contribution in [1.82, 2.24) is 14.8 Å². The third-order valence-electron chi connectivity index (χ3n) is 5.47. The average Bonchev–Trinajstić information content (AvgIpc) is 2.83. The van der Waals surface area contributed by atoms with Crippen LogP contribution in [0.3, 0.4) is 0 Å². The Bertz CT molecular complexity index is 1010. The lowest BCUT2D eigenvalue weighted by atomic mass is 10.0. The van der Waals surface area contributed by atoms with Crippen LogP contribution >= 0.6 is 23.4 Å².